The summed E-state index contributed by atoms with van der Waals surface area (Å²) in [5.74, 6) is 0. The van der Waals surface area contributed by atoms with Crippen molar-refractivity contribution < 1.29 is 8.83 Å². The van der Waals surface area contributed by atoms with Crippen LogP contribution in [0.1, 0.15) is 17.3 Å². The summed E-state index contributed by atoms with van der Waals surface area (Å²) in [4.78, 5) is 7.71. The van der Waals surface area contributed by atoms with Crippen LogP contribution in [0.25, 0.3) is 71.6 Å². The Kier molecular flexibility index (Phi) is 8.17. The first-order chi connectivity index (χ1) is 30.2. The lowest BCUT2D eigenvalue weighted by atomic mass is 9.93. The number of nitrogens with zero attached hydrogens (tertiary/aromatic N) is 2. The van der Waals surface area contributed by atoms with Gasteiger partial charge in [-0.3, -0.25) is 4.99 Å². The average molecular weight is 784 g/mol. The molecular formula is C56H37N3O2. The Bertz CT molecular complexity index is 3580. The van der Waals surface area contributed by atoms with Crippen LogP contribution in [0.3, 0.4) is 0 Å². The summed E-state index contributed by atoms with van der Waals surface area (Å²) in [6.07, 6.45) is -0.364. The second kappa shape index (κ2) is 14.3. The third kappa shape index (κ3) is 5.89. The second-order valence-electron chi connectivity index (χ2n) is 15.5. The van der Waals surface area contributed by atoms with Crippen molar-refractivity contribution in [2.45, 2.75) is 6.17 Å². The van der Waals surface area contributed by atoms with Gasteiger partial charge in [-0.15, -0.1) is 0 Å². The molecule has 9 aromatic carbocycles. The maximum absolute atomic E-state index is 6.72. The Hall–Kier alpha value is -8.15. The Labute approximate surface area is 351 Å². The Morgan fingerprint density at radius 2 is 1.10 bits per heavy atom. The van der Waals surface area contributed by atoms with E-state index in [1.807, 2.05) is 24.3 Å². The fourth-order valence-corrected chi connectivity index (χ4v) is 9.10. The number of fused-ring (bicyclic) bond motifs is 7. The number of nitrogens with one attached hydrogen (secondary N) is 1. The molecule has 0 fully saturated rings. The molecule has 0 bridgehead atoms. The number of benzene rings is 9. The molecule has 1 aliphatic rings. The highest BCUT2D eigenvalue weighted by Gasteiger charge is 2.25. The van der Waals surface area contributed by atoms with Crippen LogP contribution in [0.5, 0.6) is 0 Å². The molecule has 11 aromatic rings. The molecule has 1 N–H and O–H groups in total. The van der Waals surface area contributed by atoms with Crippen LogP contribution in [0.4, 0.5) is 17.1 Å². The van der Waals surface area contributed by atoms with E-state index in [0.717, 1.165) is 99.8 Å². The van der Waals surface area contributed by atoms with Crippen molar-refractivity contribution in [1.82, 2.24) is 5.32 Å². The lowest BCUT2D eigenvalue weighted by molar-refractivity contribution is 0.535. The van der Waals surface area contributed by atoms with E-state index in [2.05, 4.69) is 198 Å². The van der Waals surface area contributed by atoms with Crippen LogP contribution in [0.2, 0.25) is 0 Å². The molecule has 61 heavy (non-hydrogen) atoms. The summed E-state index contributed by atoms with van der Waals surface area (Å²) < 4.78 is 13.2. The summed E-state index contributed by atoms with van der Waals surface area (Å²) in [6.45, 7) is 0. The van der Waals surface area contributed by atoms with E-state index in [0.29, 0.717) is 0 Å². The first-order valence-electron chi connectivity index (χ1n) is 20.6. The molecule has 1 aliphatic heterocycles. The fourth-order valence-electron chi connectivity index (χ4n) is 9.10. The van der Waals surface area contributed by atoms with Crippen molar-refractivity contribution in [3.63, 3.8) is 0 Å². The minimum Gasteiger partial charge on any atom is -0.456 e. The molecule has 1 unspecified atom stereocenters. The molecule has 0 saturated carbocycles. The van der Waals surface area contributed by atoms with Crippen LogP contribution in [-0.4, -0.2) is 0 Å². The van der Waals surface area contributed by atoms with Crippen molar-refractivity contribution in [3.05, 3.63) is 234 Å². The lowest BCUT2D eigenvalue weighted by Crippen LogP contribution is -2.38. The van der Waals surface area contributed by atoms with Gasteiger partial charge >= 0.3 is 0 Å². The van der Waals surface area contributed by atoms with Gasteiger partial charge in [0.1, 0.15) is 28.3 Å². The normalized spacial score (nSPS) is 13.6. The predicted octanol–water partition coefficient (Wildman–Crippen LogP) is 13.4. The molecular weight excluding hydrogens is 747 g/mol. The zero-order chi connectivity index (χ0) is 40.3. The number of hydrogen-bond donors (Lipinski definition) is 1. The number of anilines is 3. The van der Waals surface area contributed by atoms with Gasteiger partial charge in [0.25, 0.3) is 0 Å². The van der Waals surface area contributed by atoms with Gasteiger partial charge in [-0.1, -0.05) is 152 Å². The molecule has 5 nitrogen and oxygen atoms in total. The Morgan fingerprint density at radius 1 is 0.443 bits per heavy atom. The topological polar surface area (TPSA) is 53.9 Å². The van der Waals surface area contributed by atoms with Crippen molar-refractivity contribution >= 4 is 66.4 Å². The summed E-state index contributed by atoms with van der Waals surface area (Å²) >= 11 is 0. The van der Waals surface area contributed by atoms with Crippen molar-refractivity contribution in [2.24, 2.45) is 4.99 Å². The first kappa shape index (κ1) is 34.9. The van der Waals surface area contributed by atoms with Gasteiger partial charge in [-0.25, -0.2) is 0 Å². The van der Waals surface area contributed by atoms with Gasteiger partial charge in [0.05, 0.1) is 11.4 Å². The predicted molar refractivity (Wildman–Crippen MR) is 249 cm³/mol. The minimum atomic E-state index is -0.364. The van der Waals surface area contributed by atoms with Gasteiger partial charge in [0.15, 0.2) is 5.42 Å². The minimum absolute atomic E-state index is 0.364. The summed E-state index contributed by atoms with van der Waals surface area (Å²) in [6, 6.07) is 74.5. The largest absolute Gasteiger partial charge is 0.456 e. The molecule has 2 aromatic heterocycles. The van der Waals surface area contributed by atoms with Crippen LogP contribution in [-0.2, 0) is 0 Å². The van der Waals surface area contributed by atoms with E-state index in [9.17, 15) is 0 Å². The third-order valence-electron chi connectivity index (χ3n) is 11.9. The second-order valence-corrected chi connectivity index (χ2v) is 15.5. The lowest BCUT2D eigenvalue weighted by Gasteiger charge is -2.27. The van der Waals surface area contributed by atoms with E-state index in [-0.39, 0.29) is 6.17 Å². The molecule has 0 saturated heterocycles. The SMILES string of the molecule is c1ccc(C2=c3oc4ccccc4c3=NC(c3ccccc3-c3cccc4oc5cc(-c6cccc(N(c7ccccc7)c7cccc8ccccc78)c6)ccc5c34)N2)cc1. The standard InChI is InChI=1S/C56H37N3O2/c1-3-17-37(18-4-1)53-55-54(47-27-11-12-30-49(47)61-55)58-56(57-53)45-26-10-9-25-43(45)44-28-15-31-50-52(44)46-33-32-39(35-51(46)60-50)38-20-13-23-41(34-38)59(40-21-5-2-6-22-40)48-29-14-19-36-16-7-8-24-42(36)48/h1-35,56-57H. The molecule has 12 rings (SSSR count). The number of para-hydroxylation sites is 2. The molecule has 0 spiro atoms. The van der Waals surface area contributed by atoms with Crippen LogP contribution >= 0.6 is 0 Å². The summed E-state index contributed by atoms with van der Waals surface area (Å²) in [7, 11) is 0. The van der Waals surface area contributed by atoms with E-state index in [1.165, 1.54) is 10.8 Å². The van der Waals surface area contributed by atoms with Gasteiger partial charge in [-0.05, 0) is 88.3 Å². The highest BCUT2D eigenvalue weighted by Crippen LogP contribution is 2.43. The Balaban J connectivity index is 0.963. The summed E-state index contributed by atoms with van der Waals surface area (Å²) in [5, 5.41) is 10.2. The maximum atomic E-state index is 6.72. The van der Waals surface area contributed by atoms with Crippen molar-refractivity contribution in [1.29, 1.82) is 0 Å². The number of rotatable bonds is 7. The molecule has 3 heterocycles. The molecule has 0 amide bonds. The van der Waals surface area contributed by atoms with E-state index in [1.54, 1.807) is 0 Å². The third-order valence-corrected chi connectivity index (χ3v) is 11.9. The smallest absolute Gasteiger partial charge is 0.177 e. The van der Waals surface area contributed by atoms with Crippen molar-refractivity contribution in [2.75, 3.05) is 4.90 Å². The van der Waals surface area contributed by atoms with Crippen LogP contribution < -0.4 is 21.0 Å². The highest BCUT2D eigenvalue weighted by molar-refractivity contribution is 6.13. The van der Waals surface area contributed by atoms with Gasteiger partial charge in [0.2, 0.25) is 0 Å². The quantitative estimate of drug-likeness (QED) is 0.175. The monoisotopic (exact) mass is 783 g/mol. The average Bonchev–Trinajstić information content (AvgIpc) is 3.90. The molecule has 0 aliphatic carbocycles. The van der Waals surface area contributed by atoms with Crippen LogP contribution in [0.15, 0.2) is 226 Å². The molecule has 288 valence electrons. The molecule has 0 radical (unpaired) electrons. The van der Waals surface area contributed by atoms with E-state index >= 15 is 0 Å². The molecule has 5 heteroatoms. The van der Waals surface area contributed by atoms with Gasteiger partial charge < -0.3 is 19.1 Å². The highest BCUT2D eigenvalue weighted by atomic mass is 16.3. The summed E-state index contributed by atoms with van der Waals surface area (Å²) in [5.41, 5.74) is 14.0. The maximum Gasteiger partial charge on any atom is 0.177 e. The zero-order valence-electron chi connectivity index (χ0n) is 33.0. The first-order valence-corrected chi connectivity index (χ1v) is 20.6. The van der Waals surface area contributed by atoms with Gasteiger partial charge in [0, 0.05) is 44.0 Å². The van der Waals surface area contributed by atoms with Crippen LogP contribution in [0, 0.1) is 0 Å². The Morgan fingerprint density at radius 3 is 2.00 bits per heavy atom. The molecule has 1 atom stereocenters. The number of hydrogen-bond acceptors (Lipinski definition) is 5. The van der Waals surface area contributed by atoms with E-state index in [4.69, 9.17) is 13.8 Å². The zero-order valence-corrected chi connectivity index (χ0v) is 33.0. The fraction of sp³-hybridized carbons (Fsp3) is 0.0179. The van der Waals surface area contributed by atoms with E-state index < -0.39 is 0 Å². The van der Waals surface area contributed by atoms with Gasteiger partial charge in [-0.2, -0.15) is 0 Å². The van der Waals surface area contributed by atoms with Crippen molar-refractivity contribution in [3.8, 4) is 22.3 Å². The number of furan rings is 2.